The summed E-state index contributed by atoms with van der Waals surface area (Å²) in [5.41, 5.74) is 0. The second-order valence-corrected chi connectivity index (χ2v) is 4.47. The SMILES string of the molecule is [CH]OP(=O)(O)COP(=O)(O)O. The van der Waals surface area contributed by atoms with E-state index < -0.39 is 21.8 Å². The van der Waals surface area contributed by atoms with Crippen LogP contribution in [0, 0.1) is 7.11 Å². The first-order chi connectivity index (χ1) is 4.77. The monoisotopic (exact) mass is 204 g/mol. The van der Waals surface area contributed by atoms with Crippen molar-refractivity contribution >= 4 is 15.4 Å². The molecule has 2 radical (unpaired) electrons. The van der Waals surface area contributed by atoms with Gasteiger partial charge in [0.25, 0.3) is 0 Å². The van der Waals surface area contributed by atoms with Gasteiger partial charge in [0.2, 0.25) is 0 Å². The summed E-state index contributed by atoms with van der Waals surface area (Å²) < 4.78 is 27.4. The Morgan fingerprint density at radius 2 is 1.73 bits per heavy atom. The summed E-state index contributed by atoms with van der Waals surface area (Å²) in [5.74, 6) is 0. The van der Waals surface area contributed by atoms with Crippen LogP contribution in [0.5, 0.6) is 0 Å². The molecule has 0 aromatic rings. The summed E-state index contributed by atoms with van der Waals surface area (Å²) >= 11 is 0. The maximum absolute atomic E-state index is 10.4. The van der Waals surface area contributed by atoms with Crippen molar-refractivity contribution in [3.8, 4) is 0 Å². The molecule has 9 heteroatoms. The molecule has 7 nitrogen and oxygen atoms in total. The van der Waals surface area contributed by atoms with Crippen molar-refractivity contribution in [2.45, 2.75) is 0 Å². The summed E-state index contributed by atoms with van der Waals surface area (Å²) in [6.45, 7) is 0. The molecule has 0 rings (SSSR count). The lowest BCUT2D eigenvalue weighted by atomic mass is 11.7. The predicted octanol–water partition coefficient (Wildman–Crippen LogP) is -0.0762. The maximum atomic E-state index is 10.4. The van der Waals surface area contributed by atoms with E-state index in [1.165, 1.54) is 0 Å². The van der Waals surface area contributed by atoms with Gasteiger partial charge in [0.05, 0.1) is 0 Å². The highest BCUT2D eigenvalue weighted by Gasteiger charge is 2.24. The standard InChI is InChI=1S/C2H6O7P2/c1-8-10(3,4)2-9-11(5,6)7/h1H,2H2,(H,3,4)(H2,5,6,7). The minimum absolute atomic E-state index is 1.15. The van der Waals surface area contributed by atoms with Gasteiger partial charge >= 0.3 is 15.4 Å². The van der Waals surface area contributed by atoms with Crippen LogP contribution in [0.25, 0.3) is 0 Å². The highest BCUT2D eigenvalue weighted by molar-refractivity contribution is 7.54. The van der Waals surface area contributed by atoms with Crippen molar-refractivity contribution in [1.82, 2.24) is 0 Å². The largest absolute Gasteiger partial charge is 0.470 e. The quantitative estimate of drug-likeness (QED) is 0.548. The van der Waals surface area contributed by atoms with Crippen LogP contribution < -0.4 is 0 Å². The highest BCUT2D eigenvalue weighted by Crippen LogP contribution is 2.47. The highest BCUT2D eigenvalue weighted by atomic mass is 31.2. The number of phosphoric ester groups is 1. The minimum Gasteiger partial charge on any atom is -0.323 e. The minimum atomic E-state index is -4.74. The van der Waals surface area contributed by atoms with Crippen LogP contribution in [-0.2, 0) is 18.2 Å². The third-order valence-electron chi connectivity index (χ3n) is 0.554. The molecule has 0 aliphatic carbocycles. The van der Waals surface area contributed by atoms with Gasteiger partial charge in [-0.2, -0.15) is 0 Å². The van der Waals surface area contributed by atoms with Crippen molar-refractivity contribution in [3.63, 3.8) is 0 Å². The maximum Gasteiger partial charge on any atom is 0.470 e. The molecule has 0 spiro atoms. The van der Waals surface area contributed by atoms with Gasteiger partial charge in [-0.25, -0.2) is 4.57 Å². The second-order valence-electron chi connectivity index (χ2n) is 1.49. The summed E-state index contributed by atoms with van der Waals surface area (Å²) in [4.78, 5) is 24.5. The van der Waals surface area contributed by atoms with Crippen molar-refractivity contribution in [1.29, 1.82) is 0 Å². The lowest BCUT2D eigenvalue weighted by Crippen LogP contribution is -1.94. The molecule has 0 aliphatic rings. The smallest absolute Gasteiger partial charge is 0.323 e. The molecule has 11 heavy (non-hydrogen) atoms. The Labute approximate surface area is 62.7 Å². The van der Waals surface area contributed by atoms with Crippen LogP contribution in [-0.4, -0.2) is 21.0 Å². The molecule has 0 aliphatic heterocycles. The summed E-state index contributed by atoms with van der Waals surface area (Å²) in [6, 6.07) is 0. The van der Waals surface area contributed by atoms with Gasteiger partial charge < -0.3 is 14.7 Å². The molecule has 0 fully saturated rings. The fourth-order valence-corrected chi connectivity index (χ4v) is 1.42. The number of phosphoric acid groups is 1. The topological polar surface area (TPSA) is 113 Å². The molecule has 3 N–H and O–H groups in total. The van der Waals surface area contributed by atoms with Crippen LogP contribution >= 0.6 is 15.4 Å². The first-order valence-electron chi connectivity index (χ1n) is 2.17. The molecule has 0 heterocycles. The molecule has 1 atom stereocenters. The summed E-state index contributed by atoms with van der Waals surface area (Å²) in [5, 5.41) is 0. The Hall–Kier alpha value is 0.260. The van der Waals surface area contributed by atoms with Crippen molar-refractivity contribution in [2.75, 3.05) is 6.35 Å². The number of hydrogen-bond donors (Lipinski definition) is 3. The predicted molar refractivity (Wildman–Crippen MR) is 33.2 cm³/mol. The van der Waals surface area contributed by atoms with E-state index in [1.54, 1.807) is 0 Å². The Morgan fingerprint density at radius 1 is 1.27 bits per heavy atom. The third-order valence-corrected chi connectivity index (χ3v) is 2.01. The Morgan fingerprint density at radius 3 is 2.00 bits per heavy atom. The zero-order valence-corrected chi connectivity index (χ0v) is 6.94. The van der Waals surface area contributed by atoms with E-state index >= 15 is 0 Å². The average molecular weight is 204 g/mol. The molecular formula is C2H6O7P2. The Bertz CT molecular complexity index is 204. The van der Waals surface area contributed by atoms with Crippen LogP contribution in [0.2, 0.25) is 0 Å². The fourth-order valence-electron chi connectivity index (χ4n) is 0.179. The fraction of sp³-hybridized carbons (Fsp3) is 0.500. The number of hydrogen-bond acceptors (Lipinski definition) is 4. The van der Waals surface area contributed by atoms with Crippen LogP contribution in [0.15, 0.2) is 0 Å². The number of rotatable bonds is 4. The van der Waals surface area contributed by atoms with Crippen molar-refractivity contribution in [2.24, 2.45) is 0 Å². The van der Waals surface area contributed by atoms with E-state index in [1.807, 2.05) is 0 Å². The van der Waals surface area contributed by atoms with Gasteiger partial charge in [0, 0.05) is 0 Å². The molecule has 0 bridgehead atoms. The molecular weight excluding hydrogens is 198 g/mol. The third kappa shape index (κ3) is 6.65. The molecule has 0 aromatic heterocycles. The van der Waals surface area contributed by atoms with E-state index in [0.717, 1.165) is 0 Å². The van der Waals surface area contributed by atoms with Crippen molar-refractivity contribution < 1.29 is 32.9 Å². The average Bonchev–Trinajstić information content (AvgIpc) is 1.83. The van der Waals surface area contributed by atoms with E-state index in [9.17, 15) is 9.13 Å². The van der Waals surface area contributed by atoms with Crippen molar-refractivity contribution in [3.05, 3.63) is 7.11 Å². The molecule has 66 valence electrons. The first kappa shape index (κ1) is 11.3. The second kappa shape index (κ2) is 3.78. The van der Waals surface area contributed by atoms with Gasteiger partial charge in [-0.15, -0.1) is 0 Å². The summed E-state index contributed by atoms with van der Waals surface area (Å²) in [7, 11) is -4.66. The normalized spacial score (nSPS) is 17.8. The van der Waals surface area contributed by atoms with Gasteiger partial charge in [-0.3, -0.25) is 13.6 Å². The molecule has 0 aromatic carbocycles. The van der Waals surface area contributed by atoms with E-state index in [0.29, 0.717) is 0 Å². The first-order valence-corrected chi connectivity index (χ1v) is 5.46. The van der Waals surface area contributed by atoms with Crippen LogP contribution in [0.3, 0.4) is 0 Å². The molecule has 0 amide bonds. The van der Waals surface area contributed by atoms with E-state index in [4.69, 9.17) is 14.7 Å². The van der Waals surface area contributed by atoms with E-state index in [-0.39, 0.29) is 0 Å². The zero-order chi connectivity index (χ0) is 9.12. The molecule has 0 saturated heterocycles. The molecule has 0 saturated carbocycles. The van der Waals surface area contributed by atoms with Gasteiger partial charge in [-0.1, -0.05) is 0 Å². The Kier molecular flexibility index (Phi) is 3.87. The van der Waals surface area contributed by atoms with Gasteiger partial charge in [0.1, 0.15) is 7.11 Å². The zero-order valence-electron chi connectivity index (χ0n) is 5.15. The molecule has 1 unspecified atom stereocenters. The lowest BCUT2D eigenvalue weighted by molar-refractivity contribution is 0.204. The van der Waals surface area contributed by atoms with Gasteiger partial charge in [-0.05, 0) is 0 Å². The summed E-state index contributed by atoms with van der Waals surface area (Å²) in [6.07, 6.45) is -1.15. The Balaban J connectivity index is 3.91. The van der Waals surface area contributed by atoms with Crippen LogP contribution in [0.1, 0.15) is 0 Å². The van der Waals surface area contributed by atoms with Crippen LogP contribution in [0.4, 0.5) is 0 Å². The van der Waals surface area contributed by atoms with E-state index in [2.05, 4.69) is 16.2 Å². The lowest BCUT2D eigenvalue weighted by Gasteiger charge is -2.08. The van der Waals surface area contributed by atoms with Gasteiger partial charge in [0.15, 0.2) is 6.35 Å².